The van der Waals surface area contributed by atoms with Crippen molar-refractivity contribution in [1.82, 2.24) is 0 Å². The molecule has 0 radical (unpaired) electrons. The van der Waals surface area contributed by atoms with Crippen LogP contribution in [0.2, 0.25) is 0 Å². The molecular formula is C9H12BrNOS. The molecule has 1 heterocycles. The smallest absolute Gasteiger partial charge is 0.188 e. The summed E-state index contributed by atoms with van der Waals surface area (Å²) in [7, 11) is 1.66. The van der Waals surface area contributed by atoms with Crippen LogP contribution in [0.25, 0.3) is 5.57 Å². The van der Waals surface area contributed by atoms with Crippen molar-refractivity contribution in [2.75, 3.05) is 13.7 Å². The Morgan fingerprint density at radius 1 is 1.77 bits per heavy atom. The summed E-state index contributed by atoms with van der Waals surface area (Å²) in [5.74, 6) is 0. The molecular weight excluding hydrogens is 250 g/mol. The molecule has 0 amide bonds. The van der Waals surface area contributed by atoms with Crippen LogP contribution < -0.4 is 10.5 Å². The molecule has 0 saturated carbocycles. The summed E-state index contributed by atoms with van der Waals surface area (Å²) in [5.41, 5.74) is 6.51. The average Bonchev–Trinajstić information content (AvgIpc) is 2.47. The fourth-order valence-corrected chi connectivity index (χ4v) is 2.61. The second-order valence-corrected chi connectivity index (χ2v) is 4.46. The van der Waals surface area contributed by atoms with Gasteiger partial charge >= 0.3 is 0 Å². The Balaban J connectivity index is 2.84. The molecule has 0 bridgehead atoms. The predicted octanol–water partition coefficient (Wildman–Crippen LogP) is 2.88. The minimum absolute atomic E-state index is 0.636. The number of methoxy groups -OCH3 is 1. The predicted molar refractivity (Wildman–Crippen MR) is 61.3 cm³/mol. The van der Waals surface area contributed by atoms with Crippen LogP contribution >= 0.6 is 27.3 Å². The molecule has 72 valence electrons. The zero-order chi connectivity index (χ0) is 9.84. The Hall–Kier alpha value is -0.320. The van der Waals surface area contributed by atoms with Crippen molar-refractivity contribution in [2.45, 2.75) is 6.42 Å². The molecule has 0 saturated heterocycles. The quantitative estimate of drug-likeness (QED) is 0.905. The number of hydrogen-bond acceptors (Lipinski definition) is 3. The topological polar surface area (TPSA) is 35.2 Å². The molecule has 0 aromatic carbocycles. The van der Waals surface area contributed by atoms with E-state index < -0.39 is 0 Å². The van der Waals surface area contributed by atoms with E-state index in [1.165, 1.54) is 0 Å². The first-order valence-electron chi connectivity index (χ1n) is 3.90. The van der Waals surface area contributed by atoms with E-state index in [-0.39, 0.29) is 0 Å². The van der Waals surface area contributed by atoms with E-state index in [1.54, 1.807) is 18.4 Å². The third-order valence-electron chi connectivity index (χ3n) is 1.64. The van der Waals surface area contributed by atoms with E-state index in [4.69, 9.17) is 10.5 Å². The maximum absolute atomic E-state index is 5.44. The van der Waals surface area contributed by atoms with Crippen LogP contribution in [-0.4, -0.2) is 13.7 Å². The van der Waals surface area contributed by atoms with E-state index in [1.807, 2.05) is 6.07 Å². The number of halogens is 1. The second kappa shape index (κ2) is 4.79. The van der Waals surface area contributed by atoms with E-state index in [2.05, 4.69) is 22.5 Å². The van der Waals surface area contributed by atoms with E-state index in [0.717, 1.165) is 26.4 Å². The van der Waals surface area contributed by atoms with Gasteiger partial charge in [0.1, 0.15) is 0 Å². The third kappa shape index (κ3) is 2.56. The number of ether oxygens (including phenoxy) is 1. The lowest BCUT2D eigenvalue weighted by Crippen LogP contribution is -1.98. The molecule has 4 heteroatoms. The Kier molecular flexibility index (Phi) is 3.96. The van der Waals surface area contributed by atoms with Crippen molar-refractivity contribution in [3.05, 3.63) is 22.0 Å². The van der Waals surface area contributed by atoms with Crippen molar-refractivity contribution in [3.8, 4) is 5.06 Å². The maximum atomic E-state index is 5.44. The zero-order valence-electron chi connectivity index (χ0n) is 7.47. The number of nitrogens with two attached hydrogens (primary N) is 1. The van der Waals surface area contributed by atoms with E-state index in [0.29, 0.717) is 6.54 Å². The Morgan fingerprint density at radius 3 is 2.92 bits per heavy atom. The van der Waals surface area contributed by atoms with Gasteiger partial charge in [0, 0.05) is 4.88 Å². The van der Waals surface area contributed by atoms with Crippen LogP contribution in [0.4, 0.5) is 0 Å². The monoisotopic (exact) mass is 261 g/mol. The summed E-state index contributed by atoms with van der Waals surface area (Å²) >= 11 is 4.99. The lowest BCUT2D eigenvalue weighted by molar-refractivity contribution is 0.425. The van der Waals surface area contributed by atoms with Gasteiger partial charge in [0.25, 0.3) is 0 Å². The van der Waals surface area contributed by atoms with Crippen LogP contribution in [0.5, 0.6) is 5.06 Å². The van der Waals surface area contributed by atoms with Gasteiger partial charge in [-0.25, -0.2) is 0 Å². The summed E-state index contributed by atoms with van der Waals surface area (Å²) in [4.78, 5) is 1.13. The number of hydrogen-bond donors (Lipinski definition) is 1. The molecule has 2 nitrogen and oxygen atoms in total. The normalized spacial score (nSPS) is 10.1. The summed E-state index contributed by atoms with van der Waals surface area (Å²) < 4.78 is 6.13. The van der Waals surface area contributed by atoms with Crippen LogP contribution in [0.1, 0.15) is 11.3 Å². The molecule has 2 N–H and O–H groups in total. The summed E-state index contributed by atoms with van der Waals surface area (Å²) in [6, 6.07) is 2.02. The average molecular weight is 262 g/mol. The highest BCUT2D eigenvalue weighted by Gasteiger charge is 2.08. The molecule has 1 aromatic rings. The first-order valence-corrected chi connectivity index (χ1v) is 5.51. The fourth-order valence-electron chi connectivity index (χ4n) is 0.963. The van der Waals surface area contributed by atoms with Crippen molar-refractivity contribution < 1.29 is 4.74 Å². The maximum Gasteiger partial charge on any atom is 0.188 e. The molecule has 0 fully saturated rings. The van der Waals surface area contributed by atoms with E-state index in [9.17, 15) is 0 Å². The van der Waals surface area contributed by atoms with Crippen molar-refractivity contribution in [3.63, 3.8) is 0 Å². The number of thiophene rings is 1. The lowest BCUT2D eigenvalue weighted by Gasteiger charge is -1.98. The highest BCUT2D eigenvalue weighted by atomic mass is 79.9. The van der Waals surface area contributed by atoms with Gasteiger partial charge in [-0.3, -0.25) is 0 Å². The summed E-state index contributed by atoms with van der Waals surface area (Å²) in [6.07, 6.45) is 0.829. The molecule has 0 aliphatic heterocycles. The van der Waals surface area contributed by atoms with Crippen molar-refractivity contribution in [2.24, 2.45) is 5.73 Å². The van der Waals surface area contributed by atoms with Crippen LogP contribution in [0, 0.1) is 0 Å². The highest BCUT2D eigenvalue weighted by molar-refractivity contribution is 9.10. The number of rotatable bonds is 4. The molecule has 0 unspecified atom stereocenters. The van der Waals surface area contributed by atoms with Gasteiger partial charge in [0.2, 0.25) is 0 Å². The van der Waals surface area contributed by atoms with Gasteiger partial charge in [-0.05, 0) is 40.5 Å². The van der Waals surface area contributed by atoms with Gasteiger partial charge in [-0.15, -0.1) is 0 Å². The van der Waals surface area contributed by atoms with Gasteiger partial charge in [0.05, 0.1) is 11.6 Å². The molecule has 13 heavy (non-hydrogen) atoms. The van der Waals surface area contributed by atoms with Crippen LogP contribution in [0.15, 0.2) is 17.1 Å². The largest absolute Gasteiger partial charge is 0.486 e. The Bertz CT molecular complexity index is 309. The molecule has 0 spiro atoms. The molecule has 0 aliphatic carbocycles. The lowest BCUT2D eigenvalue weighted by atomic mass is 10.2. The van der Waals surface area contributed by atoms with Gasteiger partial charge < -0.3 is 10.5 Å². The van der Waals surface area contributed by atoms with Crippen molar-refractivity contribution in [1.29, 1.82) is 0 Å². The minimum atomic E-state index is 0.636. The van der Waals surface area contributed by atoms with Crippen LogP contribution in [-0.2, 0) is 0 Å². The Morgan fingerprint density at radius 2 is 2.46 bits per heavy atom. The summed E-state index contributed by atoms with van der Waals surface area (Å²) in [6.45, 7) is 4.59. The van der Waals surface area contributed by atoms with Crippen molar-refractivity contribution >= 4 is 32.8 Å². The van der Waals surface area contributed by atoms with Crippen LogP contribution in [0.3, 0.4) is 0 Å². The zero-order valence-corrected chi connectivity index (χ0v) is 9.87. The molecule has 0 aliphatic rings. The second-order valence-electron chi connectivity index (χ2n) is 2.59. The van der Waals surface area contributed by atoms with Gasteiger partial charge in [-0.1, -0.05) is 17.9 Å². The third-order valence-corrected chi connectivity index (χ3v) is 3.69. The van der Waals surface area contributed by atoms with Gasteiger partial charge in [-0.2, -0.15) is 0 Å². The molecule has 1 rings (SSSR count). The standard InChI is InChI=1S/C9H12BrNOS/c1-6(3-4-11)8-5-7(10)9(12-2)13-8/h5H,1,3-4,11H2,2H3. The first kappa shape index (κ1) is 10.8. The van der Waals surface area contributed by atoms with Gasteiger partial charge in [0.15, 0.2) is 5.06 Å². The van der Waals surface area contributed by atoms with E-state index >= 15 is 0 Å². The minimum Gasteiger partial charge on any atom is -0.486 e. The Labute approximate surface area is 90.5 Å². The fraction of sp³-hybridized carbons (Fsp3) is 0.333. The highest BCUT2D eigenvalue weighted by Crippen LogP contribution is 2.38. The SMILES string of the molecule is C=C(CCN)c1cc(Br)c(OC)s1. The summed E-state index contributed by atoms with van der Waals surface area (Å²) in [5, 5.41) is 0.883. The first-order chi connectivity index (χ1) is 6.19. The molecule has 0 atom stereocenters. The molecule has 1 aromatic heterocycles.